The van der Waals surface area contributed by atoms with Crippen LogP contribution >= 0.6 is 15.9 Å². The van der Waals surface area contributed by atoms with E-state index in [2.05, 4.69) is 26.0 Å². The maximum Gasteiger partial charge on any atom is 0.205 e. The SMILES string of the molecule is Cn1ncnc1CC(=O)c1ccc(Br)o1. The highest BCUT2D eigenvalue weighted by Gasteiger charge is 2.13. The van der Waals surface area contributed by atoms with E-state index in [1.54, 1.807) is 23.9 Å². The number of hydrogen-bond acceptors (Lipinski definition) is 4. The average Bonchev–Trinajstić information content (AvgIpc) is 2.77. The summed E-state index contributed by atoms with van der Waals surface area (Å²) >= 11 is 3.14. The van der Waals surface area contributed by atoms with E-state index in [1.807, 2.05) is 0 Å². The van der Waals surface area contributed by atoms with Crippen molar-refractivity contribution < 1.29 is 9.21 Å². The molecule has 0 unspecified atom stereocenters. The molecule has 0 aromatic carbocycles. The maximum absolute atomic E-state index is 11.7. The van der Waals surface area contributed by atoms with E-state index in [-0.39, 0.29) is 12.2 Å². The summed E-state index contributed by atoms with van der Waals surface area (Å²) in [6, 6.07) is 3.31. The van der Waals surface area contributed by atoms with Gasteiger partial charge in [0.15, 0.2) is 10.4 Å². The third-order valence-electron chi connectivity index (χ3n) is 1.97. The molecule has 0 radical (unpaired) electrons. The zero-order valence-corrected chi connectivity index (χ0v) is 9.56. The Bertz CT molecular complexity index is 489. The van der Waals surface area contributed by atoms with Crippen LogP contribution < -0.4 is 0 Å². The Balaban J connectivity index is 2.14. The van der Waals surface area contributed by atoms with Crippen molar-refractivity contribution in [3.05, 3.63) is 34.7 Å². The Labute approximate surface area is 94.2 Å². The molecule has 0 saturated carbocycles. The molecule has 0 bridgehead atoms. The molecule has 2 aromatic heterocycles. The van der Waals surface area contributed by atoms with Crippen LogP contribution in [0.25, 0.3) is 0 Å². The summed E-state index contributed by atoms with van der Waals surface area (Å²) in [7, 11) is 1.74. The minimum atomic E-state index is -0.114. The normalized spacial score (nSPS) is 10.5. The van der Waals surface area contributed by atoms with Crippen LogP contribution in [0.1, 0.15) is 16.4 Å². The van der Waals surface area contributed by atoms with Crippen molar-refractivity contribution in [3.63, 3.8) is 0 Å². The molecule has 2 heterocycles. The lowest BCUT2D eigenvalue weighted by Gasteiger charge is -1.97. The van der Waals surface area contributed by atoms with Gasteiger partial charge in [-0.25, -0.2) is 4.98 Å². The van der Waals surface area contributed by atoms with Crippen LogP contribution in [0.3, 0.4) is 0 Å². The van der Waals surface area contributed by atoms with E-state index in [4.69, 9.17) is 4.42 Å². The van der Waals surface area contributed by atoms with Gasteiger partial charge in [-0.15, -0.1) is 0 Å². The van der Waals surface area contributed by atoms with Gasteiger partial charge in [0.1, 0.15) is 12.2 Å². The van der Waals surface area contributed by atoms with Crippen molar-refractivity contribution in [3.8, 4) is 0 Å². The highest BCUT2D eigenvalue weighted by atomic mass is 79.9. The highest BCUT2D eigenvalue weighted by molar-refractivity contribution is 9.10. The number of carbonyl (C=O) groups is 1. The molecule has 0 amide bonds. The first-order valence-electron chi connectivity index (χ1n) is 4.28. The number of aryl methyl sites for hydroxylation is 1. The van der Waals surface area contributed by atoms with Gasteiger partial charge >= 0.3 is 0 Å². The van der Waals surface area contributed by atoms with Gasteiger partial charge in [0.05, 0.1) is 6.42 Å². The highest BCUT2D eigenvalue weighted by Crippen LogP contribution is 2.15. The van der Waals surface area contributed by atoms with E-state index < -0.39 is 0 Å². The lowest BCUT2D eigenvalue weighted by molar-refractivity contribution is 0.0962. The fraction of sp³-hybridized carbons (Fsp3) is 0.222. The van der Waals surface area contributed by atoms with Crippen molar-refractivity contribution in [1.29, 1.82) is 0 Å². The number of furan rings is 1. The second-order valence-corrected chi connectivity index (χ2v) is 3.79. The van der Waals surface area contributed by atoms with Crippen LogP contribution in [0.5, 0.6) is 0 Å². The standard InChI is InChI=1S/C9H8BrN3O2/c1-13-9(11-5-12-13)4-6(14)7-2-3-8(10)15-7/h2-3,5H,4H2,1H3. The Morgan fingerprint density at radius 2 is 2.40 bits per heavy atom. The third-order valence-corrected chi connectivity index (χ3v) is 2.40. The molecule has 6 heteroatoms. The predicted molar refractivity (Wildman–Crippen MR) is 55.4 cm³/mol. The number of rotatable bonds is 3. The summed E-state index contributed by atoms with van der Waals surface area (Å²) in [4.78, 5) is 15.6. The van der Waals surface area contributed by atoms with Crippen LogP contribution in [0, 0.1) is 0 Å². The summed E-state index contributed by atoms with van der Waals surface area (Å²) in [6.45, 7) is 0. The maximum atomic E-state index is 11.7. The summed E-state index contributed by atoms with van der Waals surface area (Å²) in [5, 5.41) is 3.88. The van der Waals surface area contributed by atoms with Gasteiger partial charge in [0.2, 0.25) is 5.78 Å². The first-order chi connectivity index (χ1) is 7.16. The van der Waals surface area contributed by atoms with E-state index in [1.165, 1.54) is 6.33 Å². The summed E-state index contributed by atoms with van der Waals surface area (Å²) in [6.07, 6.45) is 1.61. The lowest BCUT2D eigenvalue weighted by atomic mass is 10.2. The topological polar surface area (TPSA) is 60.9 Å². The zero-order valence-electron chi connectivity index (χ0n) is 7.98. The van der Waals surface area contributed by atoms with Crippen LogP contribution in [-0.2, 0) is 13.5 Å². The quantitative estimate of drug-likeness (QED) is 0.795. The second kappa shape index (κ2) is 3.98. The van der Waals surface area contributed by atoms with E-state index in [0.29, 0.717) is 16.3 Å². The van der Waals surface area contributed by atoms with Crippen molar-refractivity contribution in [1.82, 2.24) is 14.8 Å². The molecule has 78 valence electrons. The smallest absolute Gasteiger partial charge is 0.205 e. The van der Waals surface area contributed by atoms with Crippen molar-refractivity contribution in [2.45, 2.75) is 6.42 Å². The largest absolute Gasteiger partial charge is 0.446 e. The van der Waals surface area contributed by atoms with Gasteiger partial charge in [0.25, 0.3) is 0 Å². The van der Waals surface area contributed by atoms with Gasteiger partial charge < -0.3 is 4.42 Å². The summed E-state index contributed by atoms with van der Waals surface area (Å²) in [5.41, 5.74) is 0. The Hall–Kier alpha value is -1.43. The van der Waals surface area contributed by atoms with Crippen LogP contribution in [-0.4, -0.2) is 20.5 Å². The number of hydrogen-bond donors (Lipinski definition) is 0. The second-order valence-electron chi connectivity index (χ2n) is 3.00. The zero-order chi connectivity index (χ0) is 10.8. The van der Waals surface area contributed by atoms with Crippen molar-refractivity contribution in [2.24, 2.45) is 7.05 Å². The van der Waals surface area contributed by atoms with E-state index in [0.717, 1.165) is 0 Å². The molecule has 0 atom stereocenters. The molecule has 2 rings (SSSR count). The van der Waals surface area contributed by atoms with Crippen molar-refractivity contribution >= 4 is 21.7 Å². The van der Waals surface area contributed by atoms with Crippen molar-refractivity contribution in [2.75, 3.05) is 0 Å². The molecule has 0 N–H and O–H groups in total. The van der Waals surface area contributed by atoms with Gasteiger partial charge in [-0.1, -0.05) is 0 Å². The fourth-order valence-electron chi connectivity index (χ4n) is 1.18. The number of Topliss-reactive ketones (excluding diaryl/α,β-unsaturated/α-hetero) is 1. The minimum absolute atomic E-state index is 0.114. The molecule has 0 aliphatic rings. The molecule has 0 fully saturated rings. The molecular formula is C9H8BrN3O2. The molecule has 15 heavy (non-hydrogen) atoms. The van der Waals surface area contributed by atoms with Crippen LogP contribution in [0.2, 0.25) is 0 Å². The number of nitrogens with zero attached hydrogens (tertiary/aromatic N) is 3. The van der Waals surface area contributed by atoms with Gasteiger partial charge in [0, 0.05) is 7.05 Å². The minimum Gasteiger partial charge on any atom is -0.446 e. The molecule has 0 spiro atoms. The van der Waals surface area contributed by atoms with E-state index >= 15 is 0 Å². The van der Waals surface area contributed by atoms with Crippen LogP contribution in [0.15, 0.2) is 27.5 Å². The number of ketones is 1. The molecule has 0 aliphatic carbocycles. The monoisotopic (exact) mass is 269 g/mol. The van der Waals surface area contributed by atoms with Gasteiger partial charge in [-0.05, 0) is 28.1 Å². The summed E-state index contributed by atoms with van der Waals surface area (Å²) in [5.74, 6) is 0.828. The number of aromatic nitrogens is 3. The molecule has 0 aliphatic heterocycles. The third kappa shape index (κ3) is 2.15. The lowest BCUT2D eigenvalue weighted by Crippen LogP contribution is -2.08. The fourth-order valence-corrected chi connectivity index (χ4v) is 1.48. The Morgan fingerprint density at radius 1 is 1.60 bits per heavy atom. The Morgan fingerprint density at radius 3 is 2.93 bits per heavy atom. The first-order valence-corrected chi connectivity index (χ1v) is 5.07. The van der Waals surface area contributed by atoms with Gasteiger partial charge in [-0.3, -0.25) is 9.48 Å². The molecule has 0 saturated heterocycles. The van der Waals surface area contributed by atoms with Gasteiger partial charge in [-0.2, -0.15) is 5.10 Å². The summed E-state index contributed by atoms with van der Waals surface area (Å²) < 4.78 is 7.25. The van der Waals surface area contributed by atoms with Crippen LogP contribution in [0.4, 0.5) is 0 Å². The predicted octanol–water partition coefficient (Wildman–Crippen LogP) is 1.60. The number of carbonyl (C=O) groups excluding carboxylic acids is 1. The van der Waals surface area contributed by atoms with E-state index in [9.17, 15) is 4.79 Å². The first kappa shape index (κ1) is 10.1. The molecular weight excluding hydrogens is 262 g/mol. The average molecular weight is 270 g/mol. The Kier molecular flexibility index (Phi) is 2.68. The molecule has 5 nitrogen and oxygen atoms in total. The number of halogens is 1. The molecule has 2 aromatic rings.